The third-order valence-corrected chi connectivity index (χ3v) is 4.84. The molecule has 8 heteroatoms. The van der Waals surface area contributed by atoms with Crippen LogP contribution in [0.3, 0.4) is 0 Å². The lowest BCUT2D eigenvalue weighted by molar-refractivity contribution is 0.0624. The largest absolute Gasteiger partial charge is 0.336 e. The molecule has 0 atom stereocenters. The second-order valence-corrected chi connectivity index (χ2v) is 6.78. The van der Waals surface area contributed by atoms with Gasteiger partial charge in [-0.2, -0.15) is 10.2 Å². The molecule has 4 rings (SSSR count). The first-order chi connectivity index (χ1) is 14.1. The number of piperazine rings is 1. The van der Waals surface area contributed by atoms with Crippen LogP contribution in [-0.4, -0.2) is 52.0 Å². The molecule has 0 bridgehead atoms. The van der Waals surface area contributed by atoms with Gasteiger partial charge in [-0.1, -0.05) is 5.16 Å². The molecule has 1 saturated heterocycles. The van der Waals surface area contributed by atoms with Crippen LogP contribution in [0.15, 0.2) is 53.1 Å². The fourth-order valence-electron chi connectivity index (χ4n) is 3.21. The number of amides is 1. The molecular weight excluding hydrogens is 373 g/mol. The number of rotatable bonds is 4. The van der Waals surface area contributed by atoms with E-state index >= 15 is 0 Å². The molecule has 3 aromatic rings. The molecule has 1 fully saturated rings. The summed E-state index contributed by atoms with van der Waals surface area (Å²) in [5, 5.41) is 12.9. The van der Waals surface area contributed by atoms with E-state index in [0.717, 1.165) is 0 Å². The Hall–Kier alpha value is -3.57. The third-order valence-electron chi connectivity index (χ3n) is 4.84. The second kappa shape index (κ2) is 8.20. The number of carbonyl (C=O) groups excluding carboxylic acids is 1. The van der Waals surface area contributed by atoms with Gasteiger partial charge in [-0.25, -0.2) is 4.39 Å². The minimum atomic E-state index is -0.318. The Morgan fingerprint density at radius 2 is 1.76 bits per heavy atom. The molecule has 146 valence electrons. The maximum Gasteiger partial charge on any atom is 0.257 e. The lowest BCUT2D eigenvalue weighted by Gasteiger charge is -2.34. The minimum Gasteiger partial charge on any atom is -0.336 e. The molecular formula is C21H18FN5O2. The average Bonchev–Trinajstić information content (AvgIpc) is 3.23. The molecule has 29 heavy (non-hydrogen) atoms. The van der Waals surface area contributed by atoms with E-state index in [2.05, 4.69) is 15.0 Å². The van der Waals surface area contributed by atoms with Crippen molar-refractivity contribution in [2.24, 2.45) is 0 Å². The Kier molecular flexibility index (Phi) is 5.31. The van der Waals surface area contributed by atoms with E-state index < -0.39 is 0 Å². The molecule has 7 nitrogen and oxygen atoms in total. The number of carbonyl (C=O) groups is 1. The second-order valence-electron chi connectivity index (χ2n) is 6.78. The molecule has 2 aromatic carbocycles. The zero-order valence-electron chi connectivity index (χ0n) is 15.6. The summed E-state index contributed by atoms with van der Waals surface area (Å²) in [7, 11) is 0. The Bertz CT molecular complexity index is 1030. The fourth-order valence-corrected chi connectivity index (χ4v) is 3.21. The lowest BCUT2D eigenvalue weighted by atomic mass is 10.1. The molecule has 0 aliphatic carbocycles. The molecule has 1 aliphatic heterocycles. The summed E-state index contributed by atoms with van der Waals surface area (Å²) in [5.41, 5.74) is 1.79. The van der Waals surface area contributed by atoms with Gasteiger partial charge >= 0.3 is 0 Å². The van der Waals surface area contributed by atoms with Crippen LogP contribution in [0.5, 0.6) is 0 Å². The predicted octanol–water partition coefficient (Wildman–Crippen LogP) is 2.71. The number of benzene rings is 2. The van der Waals surface area contributed by atoms with Gasteiger partial charge in [-0.05, 0) is 48.5 Å². The topological polar surface area (TPSA) is 86.3 Å². The van der Waals surface area contributed by atoms with Crippen LogP contribution >= 0.6 is 0 Å². The van der Waals surface area contributed by atoms with Crippen LogP contribution in [0, 0.1) is 17.1 Å². The van der Waals surface area contributed by atoms with E-state index in [4.69, 9.17) is 9.78 Å². The van der Waals surface area contributed by atoms with E-state index in [1.165, 1.54) is 12.1 Å². The molecule has 0 saturated carbocycles. The van der Waals surface area contributed by atoms with Crippen molar-refractivity contribution < 1.29 is 13.7 Å². The predicted molar refractivity (Wildman–Crippen MR) is 102 cm³/mol. The molecule has 2 heterocycles. The van der Waals surface area contributed by atoms with Crippen molar-refractivity contribution in [3.8, 4) is 17.5 Å². The standard InChI is InChI=1S/C21H18FN5O2/c22-18-7-5-16(6-8-18)20-24-19(25-29-20)14-26-9-11-27(12-10-26)21(28)17-3-1-15(13-23)2-4-17/h1-8H,9-12,14H2. The smallest absolute Gasteiger partial charge is 0.257 e. The number of hydrogen-bond donors (Lipinski definition) is 0. The van der Waals surface area contributed by atoms with Crippen molar-refractivity contribution in [3.63, 3.8) is 0 Å². The monoisotopic (exact) mass is 391 g/mol. The van der Waals surface area contributed by atoms with Crippen molar-refractivity contribution in [1.29, 1.82) is 5.26 Å². The first kappa shape index (κ1) is 18.8. The Morgan fingerprint density at radius 1 is 1.07 bits per heavy atom. The van der Waals surface area contributed by atoms with Gasteiger partial charge in [-0.3, -0.25) is 9.69 Å². The molecule has 0 unspecified atom stereocenters. The molecule has 0 spiro atoms. The van der Waals surface area contributed by atoms with Crippen molar-refractivity contribution in [1.82, 2.24) is 19.9 Å². The summed E-state index contributed by atoms with van der Waals surface area (Å²) in [6, 6.07) is 14.6. The van der Waals surface area contributed by atoms with Crippen LogP contribution in [-0.2, 0) is 6.54 Å². The van der Waals surface area contributed by atoms with Crippen LogP contribution in [0.4, 0.5) is 4.39 Å². The van der Waals surface area contributed by atoms with Crippen LogP contribution < -0.4 is 0 Å². The van der Waals surface area contributed by atoms with Crippen molar-refractivity contribution >= 4 is 5.91 Å². The highest BCUT2D eigenvalue weighted by Crippen LogP contribution is 2.18. The zero-order valence-corrected chi connectivity index (χ0v) is 15.6. The zero-order chi connectivity index (χ0) is 20.2. The average molecular weight is 391 g/mol. The van der Waals surface area contributed by atoms with Crippen LogP contribution in [0.1, 0.15) is 21.7 Å². The van der Waals surface area contributed by atoms with E-state index in [9.17, 15) is 9.18 Å². The Labute approximate surface area is 167 Å². The highest BCUT2D eigenvalue weighted by atomic mass is 19.1. The first-order valence-electron chi connectivity index (χ1n) is 9.23. The fraction of sp³-hybridized carbons (Fsp3) is 0.238. The molecule has 1 amide bonds. The van der Waals surface area contributed by atoms with Gasteiger partial charge in [-0.15, -0.1) is 0 Å². The summed E-state index contributed by atoms with van der Waals surface area (Å²) in [6.45, 7) is 3.11. The summed E-state index contributed by atoms with van der Waals surface area (Å²) < 4.78 is 18.3. The maximum atomic E-state index is 13.0. The molecule has 0 N–H and O–H groups in total. The third kappa shape index (κ3) is 4.31. The van der Waals surface area contributed by atoms with Gasteiger partial charge in [0.15, 0.2) is 5.82 Å². The highest BCUT2D eigenvalue weighted by molar-refractivity contribution is 5.94. The van der Waals surface area contributed by atoms with Gasteiger partial charge in [0.2, 0.25) is 0 Å². The quantitative estimate of drug-likeness (QED) is 0.680. The summed E-state index contributed by atoms with van der Waals surface area (Å²) in [6.07, 6.45) is 0. The summed E-state index contributed by atoms with van der Waals surface area (Å²) >= 11 is 0. The van der Waals surface area contributed by atoms with Crippen LogP contribution in [0.2, 0.25) is 0 Å². The van der Waals surface area contributed by atoms with Crippen molar-refractivity contribution in [2.75, 3.05) is 26.2 Å². The van der Waals surface area contributed by atoms with E-state index in [1.54, 1.807) is 41.3 Å². The number of halogens is 1. The summed E-state index contributed by atoms with van der Waals surface area (Å²) in [5.74, 6) is 0.556. The van der Waals surface area contributed by atoms with Gasteiger partial charge in [0.1, 0.15) is 5.82 Å². The van der Waals surface area contributed by atoms with E-state index in [1.807, 2.05) is 6.07 Å². The normalized spacial score (nSPS) is 14.6. The molecule has 1 aromatic heterocycles. The Balaban J connectivity index is 1.32. The molecule has 1 aliphatic rings. The van der Waals surface area contributed by atoms with Gasteiger partial charge < -0.3 is 9.42 Å². The van der Waals surface area contributed by atoms with Gasteiger partial charge in [0.05, 0.1) is 18.2 Å². The Morgan fingerprint density at radius 3 is 2.41 bits per heavy atom. The number of aromatic nitrogens is 2. The van der Waals surface area contributed by atoms with E-state index in [-0.39, 0.29) is 11.7 Å². The van der Waals surface area contributed by atoms with Crippen LogP contribution in [0.25, 0.3) is 11.5 Å². The van der Waals surface area contributed by atoms with Crippen molar-refractivity contribution in [3.05, 3.63) is 71.3 Å². The SMILES string of the molecule is N#Cc1ccc(C(=O)N2CCN(Cc3noc(-c4ccc(F)cc4)n3)CC2)cc1. The summed E-state index contributed by atoms with van der Waals surface area (Å²) in [4.78, 5) is 20.9. The maximum absolute atomic E-state index is 13.0. The lowest BCUT2D eigenvalue weighted by Crippen LogP contribution is -2.48. The van der Waals surface area contributed by atoms with E-state index in [0.29, 0.717) is 61.1 Å². The van der Waals surface area contributed by atoms with Crippen molar-refractivity contribution in [2.45, 2.75) is 6.54 Å². The molecule has 0 radical (unpaired) electrons. The number of nitriles is 1. The number of hydrogen-bond acceptors (Lipinski definition) is 6. The van der Waals surface area contributed by atoms with Gasteiger partial charge in [0, 0.05) is 37.3 Å². The van der Waals surface area contributed by atoms with Gasteiger partial charge in [0.25, 0.3) is 11.8 Å². The minimum absolute atomic E-state index is 0.0349. The first-order valence-corrected chi connectivity index (χ1v) is 9.23. The number of nitrogens with zero attached hydrogens (tertiary/aromatic N) is 5. The highest BCUT2D eigenvalue weighted by Gasteiger charge is 2.23.